The molecule has 0 N–H and O–H groups in total. The highest BCUT2D eigenvalue weighted by molar-refractivity contribution is 5.90. The standard InChI is InChI=1S/C11H11F2NO4/c1-11(2,3)18-10(15)6-4-9(14(16)17)8(13)5-7(6)12/h4-5H,1-3H3. The van der Waals surface area contributed by atoms with Crippen molar-refractivity contribution < 1.29 is 23.2 Å². The van der Waals surface area contributed by atoms with Crippen LogP contribution in [0.3, 0.4) is 0 Å². The molecule has 0 aliphatic rings. The number of carbonyl (C=O) groups is 1. The van der Waals surface area contributed by atoms with Crippen LogP contribution < -0.4 is 0 Å². The molecule has 0 unspecified atom stereocenters. The zero-order valence-electron chi connectivity index (χ0n) is 9.99. The molecule has 0 radical (unpaired) electrons. The van der Waals surface area contributed by atoms with E-state index in [1.165, 1.54) is 0 Å². The number of ether oxygens (including phenoxy) is 1. The molecule has 0 spiro atoms. The van der Waals surface area contributed by atoms with E-state index in [0.29, 0.717) is 6.07 Å². The first kappa shape index (κ1) is 14.0. The van der Waals surface area contributed by atoms with E-state index in [2.05, 4.69) is 0 Å². The van der Waals surface area contributed by atoms with E-state index in [4.69, 9.17) is 4.74 Å². The van der Waals surface area contributed by atoms with E-state index in [1.807, 2.05) is 0 Å². The molecule has 0 aliphatic carbocycles. The van der Waals surface area contributed by atoms with E-state index in [0.717, 1.165) is 0 Å². The number of nitro groups is 1. The Balaban J connectivity index is 3.21. The van der Waals surface area contributed by atoms with Crippen LogP contribution in [0.25, 0.3) is 0 Å². The number of hydrogen-bond donors (Lipinski definition) is 0. The first-order chi connectivity index (χ1) is 8.11. The van der Waals surface area contributed by atoms with Crippen molar-refractivity contribution in [1.82, 2.24) is 0 Å². The summed E-state index contributed by atoms with van der Waals surface area (Å²) in [7, 11) is 0. The fourth-order valence-corrected chi connectivity index (χ4v) is 1.17. The van der Waals surface area contributed by atoms with Crippen LogP contribution in [0, 0.1) is 21.7 Å². The van der Waals surface area contributed by atoms with Gasteiger partial charge in [0.1, 0.15) is 17.0 Å². The van der Waals surface area contributed by atoms with E-state index in [9.17, 15) is 23.7 Å². The third kappa shape index (κ3) is 3.22. The molecule has 1 rings (SSSR count). The van der Waals surface area contributed by atoms with Crippen LogP contribution in [0.4, 0.5) is 14.5 Å². The second-order valence-electron chi connectivity index (χ2n) is 4.54. The summed E-state index contributed by atoms with van der Waals surface area (Å²) in [4.78, 5) is 21.0. The first-order valence-corrected chi connectivity index (χ1v) is 4.98. The zero-order valence-corrected chi connectivity index (χ0v) is 9.99. The maximum atomic E-state index is 13.4. The lowest BCUT2D eigenvalue weighted by Crippen LogP contribution is -2.24. The first-order valence-electron chi connectivity index (χ1n) is 4.98. The van der Waals surface area contributed by atoms with Gasteiger partial charge in [0.2, 0.25) is 5.82 Å². The summed E-state index contributed by atoms with van der Waals surface area (Å²) in [6.07, 6.45) is 0. The molecule has 1 aromatic rings. The lowest BCUT2D eigenvalue weighted by molar-refractivity contribution is -0.387. The molecule has 0 saturated heterocycles. The van der Waals surface area contributed by atoms with Crippen LogP contribution in [-0.2, 0) is 4.74 Å². The number of nitro benzene ring substituents is 1. The smallest absolute Gasteiger partial charge is 0.341 e. The highest BCUT2D eigenvalue weighted by Crippen LogP contribution is 2.23. The SMILES string of the molecule is CC(C)(C)OC(=O)c1cc([N+](=O)[O-])c(F)cc1F. The van der Waals surface area contributed by atoms with E-state index >= 15 is 0 Å². The minimum Gasteiger partial charge on any atom is -0.456 e. The van der Waals surface area contributed by atoms with Crippen molar-refractivity contribution in [2.75, 3.05) is 0 Å². The van der Waals surface area contributed by atoms with Gasteiger partial charge in [-0.1, -0.05) is 0 Å². The van der Waals surface area contributed by atoms with Crippen LogP contribution in [-0.4, -0.2) is 16.5 Å². The van der Waals surface area contributed by atoms with Gasteiger partial charge in [-0.15, -0.1) is 0 Å². The molecular formula is C11H11F2NO4. The van der Waals surface area contributed by atoms with Gasteiger partial charge < -0.3 is 4.74 Å². The second kappa shape index (κ2) is 4.67. The van der Waals surface area contributed by atoms with Gasteiger partial charge >= 0.3 is 11.7 Å². The minimum absolute atomic E-state index is 0.289. The number of benzene rings is 1. The molecule has 0 aliphatic heterocycles. The van der Waals surface area contributed by atoms with Gasteiger partial charge in [-0.05, 0) is 20.8 Å². The summed E-state index contributed by atoms with van der Waals surface area (Å²) in [6.45, 7) is 4.67. The van der Waals surface area contributed by atoms with Crippen molar-refractivity contribution in [3.63, 3.8) is 0 Å². The highest BCUT2D eigenvalue weighted by Gasteiger charge is 2.26. The van der Waals surface area contributed by atoms with E-state index in [1.54, 1.807) is 20.8 Å². The Morgan fingerprint density at radius 1 is 1.28 bits per heavy atom. The molecule has 0 fully saturated rings. The number of carbonyl (C=O) groups excluding carboxylic acids is 1. The molecular weight excluding hydrogens is 248 g/mol. The average molecular weight is 259 g/mol. The molecule has 98 valence electrons. The topological polar surface area (TPSA) is 69.4 Å². The van der Waals surface area contributed by atoms with Gasteiger partial charge in [0.05, 0.1) is 4.92 Å². The van der Waals surface area contributed by atoms with Gasteiger partial charge in [0.25, 0.3) is 0 Å². The van der Waals surface area contributed by atoms with Crippen molar-refractivity contribution in [3.05, 3.63) is 39.4 Å². The lowest BCUT2D eigenvalue weighted by atomic mass is 10.1. The molecule has 7 heteroatoms. The number of nitrogens with zero attached hydrogens (tertiary/aromatic N) is 1. The third-order valence-corrected chi connectivity index (χ3v) is 1.85. The fourth-order valence-electron chi connectivity index (χ4n) is 1.17. The highest BCUT2D eigenvalue weighted by atomic mass is 19.1. The van der Waals surface area contributed by atoms with Crippen LogP contribution in [0.15, 0.2) is 12.1 Å². The summed E-state index contributed by atoms with van der Waals surface area (Å²) in [5, 5.41) is 10.5. The largest absolute Gasteiger partial charge is 0.456 e. The normalized spacial score (nSPS) is 11.2. The van der Waals surface area contributed by atoms with Crippen molar-refractivity contribution >= 4 is 11.7 Å². The van der Waals surface area contributed by atoms with Gasteiger partial charge in [0, 0.05) is 12.1 Å². The summed E-state index contributed by atoms with van der Waals surface area (Å²) >= 11 is 0. The van der Waals surface area contributed by atoms with Crippen molar-refractivity contribution in [3.8, 4) is 0 Å². The summed E-state index contributed by atoms with van der Waals surface area (Å²) in [5.74, 6) is -3.62. The number of rotatable bonds is 2. The molecule has 0 heterocycles. The van der Waals surface area contributed by atoms with Gasteiger partial charge in [-0.3, -0.25) is 10.1 Å². The predicted molar refractivity (Wildman–Crippen MR) is 58.2 cm³/mol. The van der Waals surface area contributed by atoms with E-state index in [-0.39, 0.29) is 6.07 Å². The maximum absolute atomic E-state index is 13.4. The van der Waals surface area contributed by atoms with Crippen LogP contribution in [0.2, 0.25) is 0 Å². The minimum atomic E-state index is -1.34. The second-order valence-corrected chi connectivity index (χ2v) is 4.54. The zero-order chi connectivity index (χ0) is 14.1. The molecule has 18 heavy (non-hydrogen) atoms. The third-order valence-electron chi connectivity index (χ3n) is 1.85. The Morgan fingerprint density at radius 2 is 1.83 bits per heavy atom. The van der Waals surface area contributed by atoms with Crippen LogP contribution >= 0.6 is 0 Å². The molecule has 5 nitrogen and oxygen atoms in total. The van der Waals surface area contributed by atoms with Crippen molar-refractivity contribution in [2.24, 2.45) is 0 Å². The molecule has 0 bridgehead atoms. The van der Waals surface area contributed by atoms with Crippen molar-refractivity contribution in [2.45, 2.75) is 26.4 Å². The molecule has 0 amide bonds. The Bertz CT molecular complexity index is 509. The quantitative estimate of drug-likeness (QED) is 0.465. The predicted octanol–water partition coefficient (Wildman–Crippen LogP) is 2.83. The maximum Gasteiger partial charge on any atom is 0.341 e. The van der Waals surface area contributed by atoms with Gasteiger partial charge in [-0.2, -0.15) is 4.39 Å². The number of halogens is 2. The number of hydrogen-bond acceptors (Lipinski definition) is 4. The summed E-state index contributed by atoms with van der Waals surface area (Å²) in [6, 6.07) is 0.816. The average Bonchev–Trinajstić information content (AvgIpc) is 2.13. The monoisotopic (exact) mass is 259 g/mol. The van der Waals surface area contributed by atoms with E-state index < -0.39 is 39.4 Å². The molecule has 0 aromatic heterocycles. The summed E-state index contributed by atoms with van der Waals surface area (Å²) < 4.78 is 31.3. The van der Waals surface area contributed by atoms with Gasteiger partial charge in [-0.25, -0.2) is 9.18 Å². The van der Waals surface area contributed by atoms with Crippen LogP contribution in [0.1, 0.15) is 31.1 Å². The Kier molecular flexibility index (Phi) is 3.64. The molecule has 1 aromatic carbocycles. The van der Waals surface area contributed by atoms with Gasteiger partial charge in [0.15, 0.2) is 0 Å². The fraction of sp³-hybridized carbons (Fsp3) is 0.364. The van der Waals surface area contributed by atoms with Crippen molar-refractivity contribution in [1.29, 1.82) is 0 Å². The summed E-state index contributed by atoms with van der Waals surface area (Å²) in [5.41, 5.74) is -2.53. The molecule has 0 atom stereocenters. The lowest BCUT2D eigenvalue weighted by Gasteiger charge is -2.19. The Labute approximate surface area is 102 Å². The van der Waals surface area contributed by atoms with Crippen LogP contribution in [0.5, 0.6) is 0 Å². The number of esters is 1. The Morgan fingerprint density at radius 3 is 2.28 bits per heavy atom. The Hall–Kier alpha value is -2.05. The molecule has 0 saturated carbocycles.